The van der Waals surface area contributed by atoms with Crippen molar-refractivity contribution in [3.63, 3.8) is 0 Å². The second kappa shape index (κ2) is 4.34. The zero-order valence-electron chi connectivity index (χ0n) is 12.0. The fourth-order valence-corrected chi connectivity index (χ4v) is 4.31. The van der Waals surface area contributed by atoms with Crippen molar-refractivity contribution in [1.82, 2.24) is 9.88 Å². The molecule has 0 saturated carbocycles. The number of aromatic amines is 1. The number of piperidine rings is 1. The number of H-pyrrole nitrogens is 1. The number of aliphatic hydroxyl groups is 1. The van der Waals surface area contributed by atoms with Gasteiger partial charge in [-0.1, -0.05) is 25.1 Å². The monoisotopic (exact) mass is 270 g/mol. The molecule has 3 heterocycles. The van der Waals surface area contributed by atoms with Crippen LogP contribution in [0, 0.1) is 5.41 Å². The van der Waals surface area contributed by atoms with Crippen molar-refractivity contribution >= 4 is 10.9 Å². The van der Waals surface area contributed by atoms with E-state index in [0.29, 0.717) is 6.04 Å². The Morgan fingerprint density at radius 3 is 3.05 bits per heavy atom. The van der Waals surface area contributed by atoms with Gasteiger partial charge < -0.3 is 10.1 Å². The lowest BCUT2D eigenvalue weighted by Gasteiger charge is -2.49. The maximum atomic E-state index is 9.95. The quantitative estimate of drug-likeness (QED) is 0.836. The molecule has 0 spiro atoms. The summed E-state index contributed by atoms with van der Waals surface area (Å²) in [7, 11) is 0. The van der Waals surface area contributed by atoms with E-state index in [1.54, 1.807) is 0 Å². The molecule has 2 aromatic rings. The minimum absolute atomic E-state index is 0.0195. The maximum Gasteiger partial charge on any atom is 0.0577 e. The van der Waals surface area contributed by atoms with E-state index in [1.807, 2.05) is 0 Å². The van der Waals surface area contributed by atoms with Gasteiger partial charge in [-0.2, -0.15) is 0 Å². The Morgan fingerprint density at radius 2 is 2.20 bits per heavy atom. The molecule has 0 amide bonds. The van der Waals surface area contributed by atoms with Crippen LogP contribution < -0.4 is 0 Å². The number of fused-ring (bicyclic) bond motifs is 5. The predicted molar refractivity (Wildman–Crippen MR) is 80.7 cm³/mol. The first-order chi connectivity index (χ1) is 9.73. The first kappa shape index (κ1) is 12.4. The summed E-state index contributed by atoms with van der Waals surface area (Å²) in [6, 6.07) is 8.94. The van der Waals surface area contributed by atoms with Gasteiger partial charge in [-0.05, 0) is 37.4 Å². The van der Waals surface area contributed by atoms with Crippen LogP contribution in [0.3, 0.4) is 0 Å². The number of rotatable bonds is 1. The molecule has 2 unspecified atom stereocenters. The van der Waals surface area contributed by atoms with Gasteiger partial charge in [0.25, 0.3) is 0 Å². The summed E-state index contributed by atoms with van der Waals surface area (Å²) >= 11 is 0. The van der Waals surface area contributed by atoms with E-state index in [4.69, 9.17) is 0 Å². The fourth-order valence-electron chi connectivity index (χ4n) is 4.31. The van der Waals surface area contributed by atoms with E-state index >= 15 is 0 Å². The number of benzene rings is 1. The molecule has 2 N–H and O–H groups in total. The van der Waals surface area contributed by atoms with Gasteiger partial charge in [0.05, 0.1) is 12.6 Å². The van der Waals surface area contributed by atoms with E-state index in [2.05, 4.69) is 41.1 Å². The molecule has 20 heavy (non-hydrogen) atoms. The van der Waals surface area contributed by atoms with Crippen molar-refractivity contribution in [2.24, 2.45) is 5.41 Å². The van der Waals surface area contributed by atoms with Crippen molar-refractivity contribution in [1.29, 1.82) is 0 Å². The zero-order valence-corrected chi connectivity index (χ0v) is 12.0. The van der Waals surface area contributed by atoms with E-state index in [9.17, 15) is 5.11 Å². The van der Waals surface area contributed by atoms with Gasteiger partial charge in [0, 0.05) is 28.6 Å². The van der Waals surface area contributed by atoms with Gasteiger partial charge in [0.15, 0.2) is 0 Å². The lowest BCUT2D eigenvalue weighted by Crippen LogP contribution is -2.49. The first-order valence-electron chi connectivity index (χ1n) is 7.67. The molecule has 1 aromatic carbocycles. The third-order valence-corrected chi connectivity index (χ3v) is 5.35. The molecule has 1 aromatic heterocycles. The summed E-state index contributed by atoms with van der Waals surface area (Å²) in [5, 5.41) is 11.3. The number of aliphatic hydroxyl groups excluding tert-OH is 1. The Bertz CT molecular complexity index is 647. The molecule has 106 valence electrons. The first-order valence-corrected chi connectivity index (χ1v) is 7.67. The lowest BCUT2D eigenvalue weighted by atomic mass is 9.71. The highest BCUT2D eigenvalue weighted by Gasteiger charge is 2.45. The highest BCUT2D eigenvalue weighted by atomic mass is 16.3. The Morgan fingerprint density at radius 1 is 1.35 bits per heavy atom. The molecule has 0 radical (unpaired) electrons. The van der Waals surface area contributed by atoms with Gasteiger partial charge in [0.2, 0.25) is 0 Å². The summed E-state index contributed by atoms with van der Waals surface area (Å²) in [6.07, 6.45) is 3.43. The topological polar surface area (TPSA) is 39.3 Å². The summed E-state index contributed by atoms with van der Waals surface area (Å²) in [6.45, 7) is 4.79. The molecule has 3 nitrogen and oxygen atoms in total. The number of aromatic nitrogens is 1. The Balaban J connectivity index is 1.91. The van der Waals surface area contributed by atoms with Gasteiger partial charge in [0.1, 0.15) is 0 Å². The van der Waals surface area contributed by atoms with E-state index in [0.717, 1.165) is 25.9 Å². The summed E-state index contributed by atoms with van der Waals surface area (Å²) in [5.74, 6) is 0. The van der Waals surface area contributed by atoms with Crippen LogP contribution in [0.5, 0.6) is 0 Å². The average Bonchev–Trinajstić information content (AvgIpc) is 2.85. The van der Waals surface area contributed by atoms with Crippen LogP contribution in [0.4, 0.5) is 0 Å². The van der Waals surface area contributed by atoms with Crippen LogP contribution in [-0.2, 0) is 6.42 Å². The molecule has 2 atom stereocenters. The standard InChI is InChI=1S/C17H22N2O/c1-17(11-20)8-4-9-19-10-7-13-12-5-2-3-6-14(12)18-15(13)16(17)19/h2-3,5-6,16,18,20H,4,7-11H2,1H3. The molecule has 4 rings (SSSR count). The van der Waals surface area contributed by atoms with Crippen molar-refractivity contribution in [2.45, 2.75) is 32.2 Å². The molecule has 2 aliphatic rings. The summed E-state index contributed by atoms with van der Waals surface area (Å²) < 4.78 is 0. The zero-order chi connectivity index (χ0) is 13.7. The number of hydrogen-bond donors (Lipinski definition) is 2. The Labute approximate surface area is 119 Å². The van der Waals surface area contributed by atoms with Crippen molar-refractivity contribution in [3.8, 4) is 0 Å². The third kappa shape index (κ3) is 1.60. The molecular weight excluding hydrogens is 248 g/mol. The largest absolute Gasteiger partial charge is 0.396 e. The SMILES string of the molecule is CC1(CO)CCCN2CCc3c([nH]c4ccccc34)C21. The van der Waals surface area contributed by atoms with Crippen LogP contribution in [0.2, 0.25) is 0 Å². The average molecular weight is 270 g/mol. The third-order valence-electron chi connectivity index (χ3n) is 5.35. The molecule has 0 bridgehead atoms. The van der Waals surface area contributed by atoms with Crippen LogP contribution in [-0.4, -0.2) is 34.7 Å². The van der Waals surface area contributed by atoms with Crippen molar-refractivity contribution in [2.75, 3.05) is 19.7 Å². The van der Waals surface area contributed by atoms with Crippen LogP contribution in [0.25, 0.3) is 10.9 Å². The van der Waals surface area contributed by atoms with Gasteiger partial charge >= 0.3 is 0 Å². The molecule has 1 saturated heterocycles. The molecule has 1 fully saturated rings. The molecular formula is C17H22N2O. The van der Waals surface area contributed by atoms with Crippen molar-refractivity contribution in [3.05, 3.63) is 35.5 Å². The fraction of sp³-hybridized carbons (Fsp3) is 0.529. The molecule has 3 heteroatoms. The number of nitrogens with zero attached hydrogens (tertiary/aromatic N) is 1. The van der Waals surface area contributed by atoms with Crippen LogP contribution in [0.15, 0.2) is 24.3 Å². The van der Waals surface area contributed by atoms with E-state index in [-0.39, 0.29) is 12.0 Å². The Hall–Kier alpha value is -1.32. The number of nitrogens with one attached hydrogen (secondary N) is 1. The van der Waals surface area contributed by atoms with Gasteiger partial charge in [-0.25, -0.2) is 0 Å². The number of para-hydroxylation sites is 1. The second-order valence-corrected chi connectivity index (χ2v) is 6.67. The van der Waals surface area contributed by atoms with Gasteiger partial charge in [-0.3, -0.25) is 4.90 Å². The highest BCUT2D eigenvalue weighted by Crippen LogP contribution is 2.49. The smallest absolute Gasteiger partial charge is 0.0577 e. The Kier molecular flexibility index (Phi) is 2.69. The number of hydrogen-bond acceptors (Lipinski definition) is 2. The minimum atomic E-state index is -0.0195. The highest BCUT2D eigenvalue weighted by molar-refractivity contribution is 5.85. The molecule has 2 aliphatic heterocycles. The summed E-state index contributed by atoms with van der Waals surface area (Å²) in [4.78, 5) is 6.22. The van der Waals surface area contributed by atoms with E-state index in [1.165, 1.54) is 28.6 Å². The normalized spacial score (nSPS) is 30.2. The molecule has 0 aliphatic carbocycles. The van der Waals surface area contributed by atoms with Crippen LogP contribution >= 0.6 is 0 Å². The van der Waals surface area contributed by atoms with Gasteiger partial charge in [-0.15, -0.1) is 0 Å². The predicted octanol–water partition coefficient (Wildman–Crippen LogP) is 2.86. The van der Waals surface area contributed by atoms with Crippen molar-refractivity contribution < 1.29 is 5.11 Å². The second-order valence-electron chi connectivity index (χ2n) is 6.67. The minimum Gasteiger partial charge on any atom is -0.396 e. The van der Waals surface area contributed by atoms with Crippen LogP contribution in [0.1, 0.15) is 37.1 Å². The maximum absolute atomic E-state index is 9.95. The summed E-state index contributed by atoms with van der Waals surface area (Å²) in [5.41, 5.74) is 4.05. The van der Waals surface area contributed by atoms with E-state index < -0.39 is 0 Å². The lowest BCUT2D eigenvalue weighted by molar-refractivity contribution is -0.0227.